The van der Waals surface area contributed by atoms with Crippen LogP contribution in [0.15, 0.2) is 60.0 Å². The molecule has 37 heavy (non-hydrogen) atoms. The molecule has 0 spiro atoms. The summed E-state index contributed by atoms with van der Waals surface area (Å²) in [7, 11) is -1.76. The number of amides is 2. The van der Waals surface area contributed by atoms with Crippen molar-refractivity contribution in [2.24, 2.45) is 5.92 Å². The number of aliphatic hydroxyl groups is 1. The third-order valence-electron chi connectivity index (χ3n) is 5.69. The monoisotopic (exact) mass is 524 g/mol. The van der Waals surface area contributed by atoms with Crippen molar-refractivity contribution in [1.82, 2.24) is 20.9 Å². The Kier molecular flexibility index (Phi) is 10.4. The molecule has 3 aromatic rings. The third-order valence-corrected chi connectivity index (χ3v) is 6.60. The Hall–Kier alpha value is -3.09. The Morgan fingerprint density at radius 2 is 1.73 bits per heavy atom. The lowest BCUT2D eigenvalue weighted by Crippen LogP contribution is -2.57. The molecule has 0 fully saturated rings. The number of aromatic nitrogens is 1. The Balaban J connectivity index is 1.74. The summed E-state index contributed by atoms with van der Waals surface area (Å²) in [5.41, 5.74) is 2.67. The van der Waals surface area contributed by atoms with Gasteiger partial charge >= 0.3 is 7.12 Å². The van der Waals surface area contributed by atoms with E-state index in [0.29, 0.717) is 22.7 Å². The van der Waals surface area contributed by atoms with Gasteiger partial charge in [-0.15, -0.1) is 11.3 Å². The average molecular weight is 524 g/mol. The molecule has 1 unspecified atom stereocenters. The molecule has 3 rings (SSSR count). The van der Waals surface area contributed by atoms with Crippen molar-refractivity contribution in [3.05, 3.63) is 76.8 Å². The first-order valence-electron chi connectivity index (χ1n) is 12.1. The van der Waals surface area contributed by atoms with Gasteiger partial charge in [0.05, 0.1) is 11.6 Å². The highest BCUT2D eigenvalue weighted by Gasteiger charge is 2.31. The van der Waals surface area contributed by atoms with Gasteiger partial charge in [0.15, 0.2) is 0 Å². The highest BCUT2D eigenvalue weighted by molar-refractivity contribution is 7.13. The fourth-order valence-electron chi connectivity index (χ4n) is 3.68. The zero-order valence-electron chi connectivity index (χ0n) is 21.1. The highest BCUT2D eigenvalue weighted by Crippen LogP contribution is 2.25. The number of nitrogens with zero attached hydrogens (tertiary/aromatic N) is 1. The van der Waals surface area contributed by atoms with Gasteiger partial charge in [0.2, 0.25) is 5.91 Å². The van der Waals surface area contributed by atoms with E-state index in [1.807, 2.05) is 63.2 Å². The molecular formula is C26H33BN4O5S. The van der Waals surface area contributed by atoms with Gasteiger partial charge < -0.3 is 25.8 Å². The zero-order chi connectivity index (χ0) is 26.9. The molecule has 0 saturated heterocycles. The topological polar surface area (TPSA) is 144 Å². The van der Waals surface area contributed by atoms with E-state index in [9.17, 15) is 24.7 Å². The molecule has 1 heterocycles. The number of carbonyl (C=O) groups is 2. The average Bonchev–Trinajstić information content (AvgIpc) is 3.37. The molecule has 11 heteroatoms. The summed E-state index contributed by atoms with van der Waals surface area (Å²) in [6.07, 6.45) is -0.968. The standard InChI is InChI=1S/C26H33BN4O5S/c1-16(2)13-22(27(35)36)31-24(33)20(14-28-23(32)18-11-9-17(3)10-12-18)29-25(34)21-15-37-26(30-21)19-7-5-4-6-8-19/h4-12,15-16,20,22,25,29,34-36H,13-14H2,1-3H3,(H,28,32)(H,31,33)/t20-,22-,25?/m0/s1. The van der Waals surface area contributed by atoms with Crippen LogP contribution in [-0.2, 0) is 4.79 Å². The third kappa shape index (κ3) is 8.48. The van der Waals surface area contributed by atoms with E-state index in [-0.39, 0.29) is 18.4 Å². The van der Waals surface area contributed by atoms with E-state index < -0.39 is 31.2 Å². The van der Waals surface area contributed by atoms with Crippen LogP contribution in [0, 0.1) is 12.8 Å². The predicted octanol–water partition coefficient (Wildman–Crippen LogP) is 2.04. The number of aryl methyl sites for hydroxylation is 1. The summed E-state index contributed by atoms with van der Waals surface area (Å²) in [5.74, 6) is -1.79. The fourth-order valence-corrected chi connectivity index (χ4v) is 4.52. The molecule has 9 nitrogen and oxygen atoms in total. The van der Waals surface area contributed by atoms with Gasteiger partial charge in [0, 0.05) is 23.1 Å². The lowest BCUT2D eigenvalue weighted by Gasteiger charge is -2.25. The van der Waals surface area contributed by atoms with Crippen LogP contribution in [0.1, 0.15) is 48.1 Å². The van der Waals surface area contributed by atoms with Crippen molar-refractivity contribution in [3.63, 3.8) is 0 Å². The molecule has 2 amide bonds. The van der Waals surface area contributed by atoms with Crippen molar-refractivity contribution in [1.29, 1.82) is 0 Å². The molecular weight excluding hydrogens is 491 g/mol. The van der Waals surface area contributed by atoms with Crippen LogP contribution in [-0.4, -0.2) is 57.6 Å². The maximum Gasteiger partial charge on any atom is 0.475 e. The predicted molar refractivity (Wildman–Crippen MR) is 145 cm³/mol. The fraction of sp³-hybridized carbons (Fsp3) is 0.346. The van der Waals surface area contributed by atoms with Gasteiger partial charge in [-0.2, -0.15) is 0 Å². The minimum Gasteiger partial charge on any atom is -0.426 e. The summed E-state index contributed by atoms with van der Waals surface area (Å²) in [6, 6.07) is 15.4. The number of rotatable bonds is 12. The van der Waals surface area contributed by atoms with Crippen LogP contribution in [0.25, 0.3) is 10.6 Å². The number of hydrogen-bond donors (Lipinski definition) is 6. The Morgan fingerprint density at radius 1 is 1.05 bits per heavy atom. The molecule has 6 N–H and O–H groups in total. The van der Waals surface area contributed by atoms with Crippen LogP contribution in [0.2, 0.25) is 0 Å². The first-order chi connectivity index (χ1) is 17.6. The summed E-state index contributed by atoms with van der Waals surface area (Å²) < 4.78 is 0. The van der Waals surface area contributed by atoms with E-state index in [0.717, 1.165) is 11.1 Å². The summed E-state index contributed by atoms with van der Waals surface area (Å²) in [6.45, 7) is 5.56. The van der Waals surface area contributed by atoms with Crippen LogP contribution < -0.4 is 16.0 Å². The van der Waals surface area contributed by atoms with Crippen molar-refractivity contribution >= 4 is 30.3 Å². The molecule has 3 atom stereocenters. The molecule has 0 aliphatic heterocycles. The number of aliphatic hydroxyl groups excluding tert-OH is 1. The summed E-state index contributed by atoms with van der Waals surface area (Å²) >= 11 is 1.36. The maximum absolute atomic E-state index is 13.2. The minimum atomic E-state index is -1.76. The number of carbonyl (C=O) groups excluding carboxylic acids is 2. The van der Waals surface area contributed by atoms with E-state index in [1.165, 1.54) is 11.3 Å². The smallest absolute Gasteiger partial charge is 0.426 e. The van der Waals surface area contributed by atoms with E-state index in [4.69, 9.17) is 0 Å². The lowest BCUT2D eigenvalue weighted by molar-refractivity contribution is -0.124. The van der Waals surface area contributed by atoms with E-state index >= 15 is 0 Å². The Bertz CT molecular complexity index is 1160. The summed E-state index contributed by atoms with van der Waals surface area (Å²) in [4.78, 5) is 30.3. The van der Waals surface area contributed by atoms with Crippen LogP contribution in [0.3, 0.4) is 0 Å². The quantitative estimate of drug-likeness (QED) is 0.157. The second kappa shape index (κ2) is 13.5. The van der Waals surface area contributed by atoms with Gasteiger partial charge in [0.25, 0.3) is 5.91 Å². The van der Waals surface area contributed by atoms with Crippen molar-refractivity contribution < 1.29 is 24.7 Å². The largest absolute Gasteiger partial charge is 0.475 e. The van der Waals surface area contributed by atoms with Crippen molar-refractivity contribution in [2.45, 2.75) is 45.4 Å². The molecule has 0 saturated carbocycles. The number of thiazole rings is 1. The summed E-state index contributed by atoms with van der Waals surface area (Å²) in [5, 5.41) is 40.9. The minimum absolute atomic E-state index is 0.0942. The second-order valence-electron chi connectivity index (χ2n) is 9.30. The first kappa shape index (κ1) is 28.5. The van der Waals surface area contributed by atoms with Gasteiger partial charge in [-0.3, -0.25) is 14.9 Å². The normalized spacial score (nSPS) is 13.6. The zero-order valence-corrected chi connectivity index (χ0v) is 21.9. The molecule has 0 aliphatic rings. The van der Waals surface area contributed by atoms with Crippen LogP contribution in [0.5, 0.6) is 0 Å². The highest BCUT2D eigenvalue weighted by atomic mass is 32.1. The van der Waals surface area contributed by atoms with Gasteiger partial charge in [-0.05, 0) is 31.4 Å². The Labute approximate surface area is 221 Å². The second-order valence-corrected chi connectivity index (χ2v) is 10.2. The first-order valence-corrected chi connectivity index (χ1v) is 13.0. The molecule has 196 valence electrons. The lowest BCUT2D eigenvalue weighted by atomic mass is 9.75. The Morgan fingerprint density at radius 3 is 2.35 bits per heavy atom. The van der Waals surface area contributed by atoms with Crippen molar-refractivity contribution in [2.75, 3.05) is 6.54 Å². The molecule has 0 aliphatic carbocycles. The number of nitrogens with one attached hydrogen (secondary N) is 3. The van der Waals surface area contributed by atoms with Crippen molar-refractivity contribution in [3.8, 4) is 10.6 Å². The molecule has 0 radical (unpaired) electrons. The molecule has 0 bridgehead atoms. The van der Waals surface area contributed by atoms with Gasteiger partial charge in [-0.25, -0.2) is 4.98 Å². The number of benzene rings is 2. The SMILES string of the molecule is Cc1ccc(C(=O)NC[C@H](NC(O)c2csc(-c3ccccc3)n2)C(=O)N[C@@H](CC(C)C)B(O)O)cc1. The molecule has 2 aromatic carbocycles. The number of hydrogen-bond acceptors (Lipinski definition) is 8. The van der Waals surface area contributed by atoms with Gasteiger partial charge in [-0.1, -0.05) is 61.9 Å². The van der Waals surface area contributed by atoms with Crippen LogP contribution in [0.4, 0.5) is 0 Å². The molecule has 1 aromatic heterocycles. The maximum atomic E-state index is 13.2. The van der Waals surface area contributed by atoms with E-state index in [2.05, 4.69) is 20.9 Å². The van der Waals surface area contributed by atoms with E-state index in [1.54, 1.807) is 17.5 Å². The van der Waals surface area contributed by atoms with Gasteiger partial charge in [0.1, 0.15) is 17.3 Å². The van der Waals surface area contributed by atoms with Crippen LogP contribution >= 0.6 is 11.3 Å².